The predicted molar refractivity (Wildman–Crippen MR) is 120 cm³/mol. The summed E-state index contributed by atoms with van der Waals surface area (Å²) in [5.41, 5.74) is 3.71. The smallest absolute Gasteiger partial charge is 0.229 e. The van der Waals surface area contributed by atoms with Crippen molar-refractivity contribution in [1.82, 2.24) is 0 Å². The summed E-state index contributed by atoms with van der Waals surface area (Å²) in [6.45, 7) is -0.548. The third-order valence-electron chi connectivity index (χ3n) is 6.33. The molecule has 1 heterocycles. The van der Waals surface area contributed by atoms with E-state index in [9.17, 15) is 20.4 Å². The molecule has 0 amide bonds. The second-order valence-corrected chi connectivity index (χ2v) is 8.15. The highest BCUT2D eigenvalue weighted by Crippen LogP contribution is 2.51. The first-order chi connectivity index (χ1) is 16.4. The van der Waals surface area contributed by atoms with Gasteiger partial charge in [0.2, 0.25) is 12.0 Å². The van der Waals surface area contributed by atoms with E-state index in [1.54, 1.807) is 33.5 Å². The monoisotopic (exact) mass is 478 g/mol. The molecule has 4 N–H and O–H groups in total. The molecule has 0 radical (unpaired) electrons. The van der Waals surface area contributed by atoms with E-state index < -0.39 is 37.3 Å². The summed E-state index contributed by atoms with van der Waals surface area (Å²) in [7, 11) is 6.18. The molecule has 10 heteroatoms. The summed E-state index contributed by atoms with van der Waals surface area (Å²) >= 11 is 0. The Balaban J connectivity index is 1.76. The van der Waals surface area contributed by atoms with Crippen LogP contribution in [-0.4, -0.2) is 86.2 Å². The van der Waals surface area contributed by atoms with E-state index >= 15 is 0 Å². The summed E-state index contributed by atoms with van der Waals surface area (Å²) in [5, 5.41) is 39.9. The first kappa shape index (κ1) is 24.4. The van der Waals surface area contributed by atoms with Crippen LogP contribution in [0.1, 0.15) is 11.1 Å². The molecule has 0 saturated carbocycles. The van der Waals surface area contributed by atoms with Gasteiger partial charge in [-0.15, -0.1) is 0 Å². The first-order valence-electron chi connectivity index (χ1n) is 10.9. The average molecular weight is 478 g/mol. The Hall–Kier alpha value is -2.76. The Kier molecular flexibility index (Phi) is 7.06. The lowest BCUT2D eigenvalue weighted by Crippen LogP contribution is -2.60. The molecule has 1 aliphatic heterocycles. The lowest BCUT2D eigenvalue weighted by atomic mass is 9.84. The number of rotatable bonds is 7. The summed E-state index contributed by atoms with van der Waals surface area (Å²) in [6, 6.07) is 5.53. The minimum atomic E-state index is -1.54. The molecular formula is C24H30O10. The topological polar surface area (TPSA) is 136 Å². The van der Waals surface area contributed by atoms with Crippen LogP contribution in [0, 0.1) is 0 Å². The van der Waals surface area contributed by atoms with Crippen LogP contribution in [0.2, 0.25) is 0 Å². The molecule has 34 heavy (non-hydrogen) atoms. The van der Waals surface area contributed by atoms with Gasteiger partial charge in [-0.3, -0.25) is 0 Å². The quantitative estimate of drug-likeness (QED) is 0.449. The minimum Gasteiger partial charge on any atom is -0.493 e. The Bertz CT molecular complexity index is 1040. The zero-order chi connectivity index (χ0) is 24.6. The van der Waals surface area contributed by atoms with E-state index in [2.05, 4.69) is 0 Å². The molecule has 1 aliphatic carbocycles. The van der Waals surface area contributed by atoms with Crippen LogP contribution in [0.15, 0.2) is 18.2 Å². The van der Waals surface area contributed by atoms with E-state index in [1.807, 2.05) is 6.07 Å². The standard InChI is InChI=1S/C24H30O10/c1-29-14-9-13-11(5-6-12-8-16(30-2)22(31-3)23(32-4)18(12)13)7-15(14)33-24-21(28)20(27)19(26)17(10-25)34-24/h7-9,17,19-21,24-28H,5-6,10H2,1-4H3/t17-,19-,20-,21-,24-/m0/s1. The Morgan fingerprint density at radius 2 is 1.41 bits per heavy atom. The van der Waals surface area contributed by atoms with Crippen LogP contribution < -0.4 is 23.7 Å². The second-order valence-electron chi connectivity index (χ2n) is 8.15. The molecule has 0 bridgehead atoms. The second kappa shape index (κ2) is 9.85. The van der Waals surface area contributed by atoms with E-state index in [0.29, 0.717) is 35.8 Å². The number of aliphatic hydroxyl groups is 4. The van der Waals surface area contributed by atoms with Crippen molar-refractivity contribution in [2.45, 2.75) is 43.5 Å². The normalized spacial score (nSPS) is 25.7. The highest BCUT2D eigenvalue weighted by Gasteiger charge is 2.45. The van der Waals surface area contributed by atoms with Gasteiger partial charge in [0.15, 0.2) is 23.0 Å². The van der Waals surface area contributed by atoms with Crippen molar-refractivity contribution < 1.29 is 48.8 Å². The van der Waals surface area contributed by atoms with E-state index in [4.69, 9.17) is 28.4 Å². The fourth-order valence-corrected chi connectivity index (χ4v) is 4.55. The van der Waals surface area contributed by atoms with Gasteiger partial charge in [-0.1, -0.05) is 0 Å². The molecule has 1 saturated heterocycles. The molecule has 0 unspecified atom stereocenters. The molecule has 2 aromatic rings. The van der Waals surface area contributed by atoms with Gasteiger partial charge >= 0.3 is 0 Å². The maximum Gasteiger partial charge on any atom is 0.229 e. The molecular weight excluding hydrogens is 448 g/mol. The Morgan fingerprint density at radius 3 is 2.03 bits per heavy atom. The lowest BCUT2D eigenvalue weighted by Gasteiger charge is -2.39. The molecule has 5 atom stereocenters. The van der Waals surface area contributed by atoms with Crippen LogP contribution in [0.5, 0.6) is 28.7 Å². The van der Waals surface area contributed by atoms with Gasteiger partial charge in [-0.2, -0.15) is 0 Å². The average Bonchev–Trinajstić information content (AvgIpc) is 2.86. The van der Waals surface area contributed by atoms with E-state index in [1.165, 1.54) is 7.11 Å². The highest BCUT2D eigenvalue weighted by molar-refractivity contribution is 5.84. The van der Waals surface area contributed by atoms with Gasteiger partial charge in [0.05, 0.1) is 35.0 Å². The molecule has 1 fully saturated rings. The Labute approximate surface area is 197 Å². The van der Waals surface area contributed by atoms with Crippen LogP contribution in [0.4, 0.5) is 0 Å². The maximum absolute atomic E-state index is 10.4. The van der Waals surface area contributed by atoms with Crippen molar-refractivity contribution >= 4 is 0 Å². The molecule has 2 aliphatic rings. The van der Waals surface area contributed by atoms with Gasteiger partial charge in [0.25, 0.3) is 0 Å². The van der Waals surface area contributed by atoms with Crippen molar-refractivity contribution in [2.24, 2.45) is 0 Å². The fourth-order valence-electron chi connectivity index (χ4n) is 4.55. The summed E-state index contributed by atoms with van der Waals surface area (Å²) in [5.74, 6) is 2.25. The molecule has 0 spiro atoms. The van der Waals surface area contributed by atoms with Gasteiger partial charge in [0, 0.05) is 5.56 Å². The van der Waals surface area contributed by atoms with Crippen molar-refractivity contribution in [1.29, 1.82) is 0 Å². The molecule has 2 aromatic carbocycles. The number of benzene rings is 2. The van der Waals surface area contributed by atoms with Gasteiger partial charge in [0.1, 0.15) is 24.4 Å². The van der Waals surface area contributed by atoms with Crippen molar-refractivity contribution in [3.05, 3.63) is 29.3 Å². The first-order valence-corrected chi connectivity index (χ1v) is 10.9. The number of methoxy groups -OCH3 is 4. The van der Waals surface area contributed by atoms with E-state index in [0.717, 1.165) is 22.3 Å². The largest absolute Gasteiger partial charge is 0.493 e. The van der Waals surface area contributed by atoms with Crippen LogP contribution in [0.25, 0.3) is 11.1 Å². The van der Waals surface area contributed by atoms with Gasteiger partial charge in [-0.05, 0) is 47.7 Å². The van der Waals surface area contributed by atoms with Crippen LogP contribution >= 0.6 is 0 Å². The third kappa shape index (κ3) is 4.01. The molecule has 10 nitrogen and oxygen atoms in total. The number of aliphatic hydroxyl groups excluding tert-OH is 4. The van der Waals surface area contributed by atoms with Crippen molar-refractivity contribution in [2.75, 3.05) is 35.0 Å². The lowest BCUT2D eigenvalue weighted by molar-refractivity contribution is -0.277. The number of hydrogen-bond donors (Lipinski definition) is 4. The van der Waals surface area contributed by atoms with E-state index in [-0.39, 0.29) is 5.75 Å². The zero-order valence-electron chi connectivity index (χ0n) is 19.5. The summed E-state index contributed by atoms with van der Waals surface area (Å²) < 4.78 is 33.7. The SMILES string of the molecule is COc1cc2c(cc1O[C@H]1O[C@@H](CO)[C@H](O)[C@H](O)[C@@H]1O)CCc1cc(OC)c(OC)c(OC)c1-2. The number of ether oxygens (including phenoxy) is 6. The summed E-state index contributed by atoms with van der Waals surface area (Å²) in [4.78, 5) is 0. The number of fused-ring (bicyclic) bond motifs is 3. The van der Waals surface area contributed by atoms with Crippen molar-refractivity contribution in [3.63, 3.8) is 0 Å². The summed E-state index contributed by atoms with van der Waals surface area (Å²) in [6.07, 6.45) is -5.54. The number of aryl methyl sites for hydroxylation is 2. The van der Waals surface area contributed by atoms with Crippen molar-refractivity contribution in [3.8, 4) is 39.9 Å². The predicted octanol–water partition coefficient (Wildman–Crippen LogP) is 0.665. The van der Waals surface area contributed by atoms with Gasteiger partial charge in [-0.25, -0.2) is 0 Å². The maximum atomic E-state index is 10.4. The molecule has 4 rings (SSSR count). The number of hydrogen-bond acceptors (Lipinski definition) is 10. The zero-order valence-corrected chi connectivity index (χ0v) is 19.5. The minimum absolute atomic E-state index is 0.286. The van der Waals surface area contributed by atoms with Crippen LogP contribution in [0.3, 0.4) is 0 Å². The fraction of sp³-hybridized carbons (Fsp3) is 0.500. The third-order valence-corrected chi connectivity index (χ3v) is 6.33. The Morgan fingerprint density at radius 1 is 0.765 bits per heavy atom. The molecule has 0 aromatic heterocycles. The molecule has 186 valence electrons. The highest BCUT2D eigenvalue weighted by atomic mass is 16.7. The van der Waals surface area contributed by atoms with Gasteiger partial charge < -0.3 is 48.8 Å². The van der Waals surface area contributed by atoms with Crippen LogP contribution in [-0.2, 0) is 17.6 Å².